The molecule has 1 aliphatic carbocycles. The van der Waals surface area contributed by atoms with Crippen LogP contribution in [0.2, 0.25) is 0 Å². The van der Waals surface area contributed by atoms with Crippen molar-refractivity contribution in [2.24, 2.45) is 0 Å². The summed E-state index contributed by atoms with van der Waals surface area (Å²) >= 11 is 1.84. The van der Waals surface area contributed by atoms with Gasteiger partial charge in [0.15, 0.2) is 0 Å². The summed E-state index contributed by atoms with van der Waals surface area (Å²) in [5, 5.41) is 7.42. The zero-order valence-corrected chi connectivity index (χ0v) is 12.1. The first-order valence-electron chi connectivity index (χ1n) is 7.15. The van der Waals surface area contributed by atoms with Crippen LogP contribution in [-0.2, 0) is 19.4 Å². The predicted molar refractivity (Wildman–Crippen MR) is 86.3 cm³/mol. The molecular weight excluding hydrogens is 262 g/mol. The lowest BCUT2D eigenvalue weighted by Gasteiger charge is -2.11. The minimum atomic E-state index is 0.589. The third kappa shape index (κ3) is 2.15. The molecule has 0 fully saturated rings. The quantitative estimate of drug-likeness (QED) is 0.759. The first-order valence-corrected chi connectivity index (χ1v) is 8.03. The highest BCUT2D eigenvalue weighted by Crippen LogP contribution is 2.26. The van der Waals surface area contributed by atoms with Crippen LogP contribution in [0, 0.1) is 0 Å². The highest BCUT2D eigenvalue weighted by molar-refractivity contribution is 7.17. The van der Waals surface area contributed by atoms with Crippen molar-refractivity contribution in [2.45, 2.75) is 25.4 Å². The summed E-state index contributed by atoms with van der Waals surface area (Å²) in [5.41, 5.74) is 4.46. The van der Waals surface area contributed by atoms with Crippen molar-refractivity contribution in [3.63, 3.8) is 0 Å². The summed E-state index contributed by atoms with van der Waals surface area (Å²) in [6.07, 6.45) is 2.33. The van der Waals surface area contributed by atoms with Gasteiger partial charge in [-0.1, -0.05) is 42.5 Å². The van der Waals surface area contributed by atoms with E-state index in [9.17, 15) is 0 Å². The van der Waals surface area contributed by atoms with Crippen molar-refractivity contribution in [1.82, 2.24) is 5.32 Å². The van der Waals surface area contributed by atoms with Crippen LogP contribution in [0.4, 0.5) is 0 Å². The number of fused-ring (bicyclic) bond motifs is 2. The Kier molecular flexibility index (Phi) is 3.06. The van der Waals surface area contributed by atoms with E-state index in [2.05, 4.69) is 59.2 Å². The third-order valence-electron chi connectivity index (χ3n) is 4.19. The lowest BCUT2D eigenvalue weighted by molar-refractivity contribution is 0.534. The average molecular weight is 279 g/mol. The zero-order chi connectivity index (χ0) is 13.4. The standard InChI is InChI=1S/C18H17NS/c1-2-6-14-10-16(9-13(14)5-1)19-11-15-12-20-18-8-4-3-7-17(15)18/h1-8,12,16,19H,9-11H2. The van der Waals surface area contributed by atoms with Crippen LogP contribution in [0.5, 0.6) is 0 Å². The van der Waals surface area contributed by atoms with Gasteiger partial charge in [-0.05, 0) is 46.4 Å². The molecule has 0 saturated heterocycles. The van der Waals surface area contributed by atoms with Crippen LogP contribution in [0.3, 0.4) is 0 Å². The highest BCUT2D eigenvalue weighted by atomic mass is 32.1. The number of nitrogens with one attached hydrogen (secondary N) is 1. The van der Waals surface area contributed by atoms with Crippen LogP contribution in [0.25, 0.3) is 10.1 Å². The Bertz CT molecular complexity index is 719. The number of rotatable bonds is 3. The molecule has 1 aromatic heterocycles. The second kappa shape index (κ2) is 5.04. The second-order valence-corrected chi connectivity index (χ2v) is 6.42. The fourth-order valence-corrected chi connectivity index (χ4v) is 4.09. The summed E-state index contributed by atoms with van der Waals surface area (Å²) in [4.78, 5) is 0. The van der Waals surface area contributed by atoms with E-state index < -0.39 is 0 Å². The number of hydrogen-bond acceptors (Lipinski definition) is 2. The van der Waals surface area contributed by atoms with E-state index in [0.29, 0.717) is 6.04 Å². The van der Waals surface area contributed by atoms with E-state index in [-0.39, 0.29) is 0 Å². The molecule has 0 bridgehead atoms. The van der Waals surface area contributed by atoms with Gasteiger partial charge in [-0.25, -0.2) is 0 Å². The van der Waals surface area contributed by atoms with Crippen LogP contribution < -0.4 is 5.32 Å². The summed E-state index contributed by atoms with van der Waals surface area (Å²) in [5.74, 6) is 0. The van der Waals surface area contributed by atoms with Gasteiger partial charge in [0, 0.05) is 17.3 Å². The molecular formula is C18H17NS. The number of thiophene rings is 1. The Hall–Kier alpha value is -1.64. The van der Waals surface area contributed by atoms with Crippen LogP contribution in [-0.4, -0.2) is 6.04 Å². The maximum atomic E-state index is 3.73. The molecule has 0 unspecified atom stereocenters. The Labute approximate surface area is 123 Å². The molecule has 100 valence electrons. The monoisotopic (exact) mass is 279 g/mol. The largest absolute Gasteiger partial charge is 0.309 e. The van der Waals surface area contributed by atoms with E-state index in [0.717, 1.165) is 19.4 Å². The Morgan fingerprint density at radius 1 is 0.950 bits per heavy atom. The molecule has 0 amide bonds. The van der Waals surface area contributed by atoms with Gasteiger partial charge in [0.05, 0.1) is 0 Å². The van der Waals surface area contributed by atoms with Crippen LogP contribution >= 0.6 is 11.3 Å². The van der Waals surface area contributed by atoms with Crippen molar-refractivity contribution in [2.75, 3.05) is 0 Å². The summed E-state index contributed by atoms with van der Waals surface area (Å²) in [6.45, 7) is 0.975. The molecule has 0 atom stereocenters. The van der Waals surface area contributed by atoms with E-state index in [4.69, 9.17) is 0 Å². The molecule has 1 N–H and O–H groups in total. The van der Waals surface area contributed by atoms with Gasteiger partial charge in [0.2, 0.25) is 0 Å². The summed E-state index contributed by atoms with van der Waals surface area (Å²) < 4.78 is 1.39. The zero-order valence-electron chi connectivity index (χ0n) is 11.3. The van der Waals surface area contributed by atoms with Crippen LogP contribution in [0.1, 0.15) is 16.7 Å². The minimum Gasteiger partial charge on any atom is -0.309 e. The fourth-order valence-electron chi connectivity index (χ4n) is 3.13. The normalized spacial score (nSPS) is 14.8. The highest BCUT2D eigenvalue weighted by Gasteiger charge is 2.20. The average Bonchev–Trinajstić information content (AvgIpc) is 3.08. The Morgan fingerprint density at radius 2 is 1.65 bits per heavy atom. The summed E-state index contributed by atoms with van der Waals surface area (Å²) in [7, 11) is 0. The summed E-state index contributed by atoms with van der Waals surface area (Å²) in [6, 6.07) is 18.1. The molecule has 20 heavy (non-hydrogen) atoms. The lowest BCUT2D eigenvalue weighted by atomic mass is 10.1. The first kappa shape index (κ1) is 12.1. The molecule has 1 nitrogen and oxygen atoms in total. The van der Waals surface area contributed by atoms with E-state index in [1.807, 2.05) is 11.3 Å². The number of benzene rings is 2. The van der Waals surface area contributed by atoms with Gasteiger partial charge in [-0.15, -0.1) is 11.3 Å². The molecule has 3 aromatic rings. The van der Waals surface area contributed by atoms with E-state index >= 15 is 0 Å². The molecule has 0 saturated carbocycles. The van der Waals surface area contributed by atoms with Crippen molar-refractivity contribution < 1.29 is 0 Å². The second-order valence-electron chi connectivity index (χ2n) is 5.51. The molecule has 1 heterocycles. The Morgan fingerprint density at radius 3 is 2.45 bits per heavy atom. The fraction of sp³-hybridized carbons (Fsp3) is 0.222. The smallest absolute Gasteiger partial charge is 0.0346 e. The van der Waals surface area contributed by atoms with E-state index in [1.54, 1.807) is 0 Å². The van der Waals surface area contributed by atoms with Gasteiger partial charge in [0.1, 0.15) is 0 Å². The minimum absolute atomic E-state index is 0.589. The van der Waals surface area contributed by atoms with Gasteiger partial charge >= 0.3 is 0 Å². The molecule has 0 aliphatic heterocycles. The molecule has 0 radical (unpaired) electrons. The third-order valence-corrected chi connectivity index (χ3v) is 5.21. The van der Waals surface area contributed by atoms with Gasteiger partial charge < -0.3 is 5.32 Å². The van der Waals surface area contributed by atoms with Gasteiger partial charge in [-0.3, -0.25) is 0 Å². The molecule has 2 heteroatoms. The predicted octanol–water partition coefficient (Wildman–Crippen LogP) is 4.16. The first-order chi connectivity index (χ1) is 9.90. The molecule has 2 aromatic carbocycles. The van der Waals surface area contributed by atoms with Crippen molar-refractivity contribution >= 4 is 21.4 Å². The topological polar surface area (TPSA) is 12.0 Å². The number of hydrogen-bond donors (Lipinski definition) is 1. The van der Waals surface area contributed by atoms with E-state index in [1.165, 1.54) is 26.8 Å². The van der Waals surface area contributed by atoms with Crippen LogP contribution in [0.15, 0.2) is 53.9 Å². The molecule has 4 rings (SSSR count). The maximum Gasteiger partial charge on any atom is 0.0346 e. The van der Waals surface area contributed by atoms with Crippen molar-refractivity contribution in [1.29, 1.82) is 0 Å². The van der Waals surface area contributed by atoms with Gasteiger partial charge in [-0.2, -0.15) is 0 Å². The van der Waals surface area contributed by atoms with Gasteiger partial charge in [0.25, 0.3) is 0 Å². The lowest BCUT2D eigenvalue weighted by Crippen LogP contribution is -2.28. The molecule has 0 spiro atoms. The SMILES string of the molecule is c1ccc2c(c1)CC(NCc1csc3ccccc13)C2. The maximum absolute atomic E-state index is 3.73. The Balaban J connectivity index is 1.47. The van der Waals surface area contributed by atoms with Crippen molar-refractivity contribution in [3.05, 3.63) is 70.6 Å². The molecule has 1 aliphatic rings. The van der Waals surface area contributed by atoms with Crippen molar-refractivity contribution in [3.8, 4) is 0 Å².